The highest BCUT2D eigenvalue weighted by molar-refractivity contribution is 9.10. The van der Waals surface area contributed by atoms with E-state index in [1.807, 2.05) is 48.5 Å². The number of carbonyl (C=O) groups is 5. The Morgan fingerprint density at radius 2 is 1.08 bits per heavy atom. The van der Waals surface area contributed by atoms with E-state index in [9.17, 15) is 24.0 Å². The van der Waals surface area contributed by atoms with E-state index < -0.39 is 56.6 Å². The predicted molar refractivity (Wildman–Crippen MR) is 198 cm³/mol. The highest BCUT2D eigenvalue weighted by Crippen LogP contribution is 2.71. The van der Waals surface area contributed by atoms with Crippen LogP contribution in [0.25, 0.3) is 0 Å². The first-order valence-electron chi connectivity index (χ1n) is 15.9. The molecule has 8 nitrogen and oxygen atoms in total. The number of halogens is 3. The molecule has 11 heteroatoms. The molecule has 5 aromatic carbocycles. The molecule has 1 fully saturated rings. The van der Waals surface area contributed by atoms with Gasteiger partial charge in [-0.2, -0.15) is 0 Å². The van der Waals surface area contributed by atoms with Crippen molar-refractivity contribution in [3.8, 4) is 5.75 Å². The average Bonchev–Trinajstić information content (AvgIpc) is 3.43. The summed E-state index contributed by atoms with van der Waals surface area (Å²) in [7, 11) is 0. The molecule has 0 N–H and O–H groups in total. The topological polar surface area (TPSA) is 107 Å². The Morgan fingerprint density at radius 3 is 1.61 bits per heavy atom. The summed E-state index contributed by atoms with van der Waals surface area (Å²) in [6.45, 7) is -0.599. The first kappa shape index (κ1) is 33.4. The van der Waals surface area contributed by atoms with E-state index >= 15 is 0 Å². The molecule has 1 saturated heterocycles. The number of Topliss-reactive ketones (excluding diaryl/α,β-unsaturated/α-hetero) is 1. The maximum atomic E-state index is 14.5. The van der Waals surface area contributed by atoms with Gasteiger partial charge in [0, 0.05) is 10.0 Å². The number of ketones is 1. The van der Waals surface area contributed by atoms with Crippen molar-refractivity contribution in [2.24, 2.45) is 11.8 Å². The largest absolute Gasteiger partial charge is 0.454 e. The van der Waals surface area contributed by atoms with Crippen molar-refractivity contribution >= 4 is 83.0 Å². The smallest absolute Gasteiger partial charge is 0.343 e. The minimum Gasteiger partial charge on any atom is -0.454 e. The van der Waals surface area contributed by atoms with Crippen LogP contribution in [-0.2, 0) is 23.0 Å². The third-order valence-corrected chi connectivity index (χ3v) is 13.0. The number of alkyl halides is 2. The number of ether oxygens (including phenoxy) is 2. The normalized spacial score (nSPS) is 22.5. The Balaban J connectivity index is 1.02. The van der Waals surface area contributed by atoms with Gasteiger partial charge in [-0.1, -0.05) is 108 Å². The van der Waals surface area contributed by atoms with Gasteiger partial charge in [-0.05, 0) is 82.9 Å². The molecule has 0 aromatic heterocycles. The van der Waals surface area contributed by atoms with E-state index in [0.29, 0.717) is 5.56 Å². The van der Waals surface area contributed by atoms with Crippen LogP contribution in [0.5, 0.6) is 5.75 Å². The van der Waals surface area contributed by atoms with Gasteiger partial charge in [0.15, 0.2) is 12.4 Å². The summed E-state index contributed by atoms with van der Waals surface area (Å²) in [5, 5.41) is 0. The second kappa shape index (κ2) is 12.5. The highest BCUT2D eigenvalue weighted by Gasteiger charge is 2.72. The number of rotatable bonds is 7. The van der Waals surface area contributed by atoms with E-state index in [-0.39, 0.29) is 22.6 Å². The summed E-state index contributed by atoms with van der Waals surface area (Å²) in [5.41, 5.74) is 4.22. The van der Waals surface area contributed by atoms with E-state index in [2.05, 4.69) is 47.8 Å². The van der Waals surface area contributed by atoms with Gasteiger partial charge in [0.25, 0.3) is 0 Å². The molecule has 4 aliphatic rings. The number of esters is 2. The van der Waals surface area contributed by atoms with Crippen molar-refractivity contribution in [1.82, 2.24) is 0 Å². The number of anilines is 1. The minimum absolute atomic E-state index is 0.0320. The second-order valence-electron chi connectivity index (χ2n) is 12.4. The number of hydrogen-bond donors (Lipinski definition) is 0. The summed E-state index contributed by atoms with van der Waals surface area (Å²) in [5.74, 6) is -4.23. The molecule has 2 amide bonds. The average molecular weight is 870 g/mol. The molecule has 2 atom stereocenters. The Morgan fingerprint density at radius 1 is 0.608 bits per heavy atom. The third kappa shape index (κ3) is 5.08. The Kier molecular flexibility index (Phi) is 8.20. The summed E-state index contributed by atoms with van der Waals surface area (Å²) in [6, 6.07) is 34.3. The summed E-state index contributed by atoms with van der Waals surface area (Å²) < 4.78 is 9.69. The van der Waals surface area contributed by atoms with Crippen molar-refractivity contribution < 1.29 is 33.4 Å². The molecule has 0 spiro atoms. The van der Waals surface area contributed by atoms with Crippen molar-refractivity contribution in [3.63, 3.8) is 0 Å². The molecule has 0 radical (unpaired) electrons. The van der Waals surface area contributed by atoms with Gasteiger partial charge in [0.1, 0.15) is 5.75 Å². The lowest BCUT2D eigenvalue weighted by Crippen LogP contribution is -2.56. The fourth-order valence-electron chi connectivity index (χ4n) is 7.50. The van der Waals surface area contributed by atoms with Gasteiger partial charge in [0.05, 0.1) is 37.3 Å². The number of hydrogen-bond acceptors (Lipinski definition) is 7. The Bertz CT molecular complexity index is 2180. The Labute approximate surface area is 317 Å². The zero-order chi connectivity index (χ0) is 35.7. The lowest BCUT2D eigenvalue weighted by molar-refractivity contribution is -0.122. The zero-order valence-electron chi connectivity index (χ0n) is 26.3. The van der Waals surface area contributed by atoms with Crippen LogP contribution in [0.15, 0.2) is 126 Å². The lowest BCUT2D eigenvalue weighted by Gasteiger charge is -2.55. The number of benzene rings is 5. The number of nitrogens with zero attached hydrogens (tertiary/aromatic N) is 1. The van der Waals surface area contributed by atoms with Crippen molar-refractivity contribution in [2.45, 2.75) is 8.65 Å². The quantitative estimate of drug-likeness (QED) is 0.0535. The molecule has 5 aromatic rings. The van der Waals surface area contributed by atoms with E-state index in [1.54, 1.807) is 36.4 Å². The van der Waals surface area contributed by atoms with Crippen molar-refractivity contribution in [2.75, 3.05) is 11.5 Å². The van der Waals surface area contributed by atoms with Crippen LogP contribution in [0.2, 0.25) is 0 Å². The minimum atomic E-state index is -0.990. The maximum absolute atomic E-state index is 14.5. The lowest BCUT2D eigenvalue weighted by atomic mass is 9.54. The fourth-order valence-corrected chi connectivity index (χ4v) is 10.1. The van der Waals surface area contributed by atoms with Gasteiger partial charge in [-0.15, -0.1) is 0 Å². The fraction of sp³-hybridized carbons (Fsp3) is 0.125. The third-order valence-electron chi connectivity index (χ3n) is 9.75. The van der Waals surface area contributed by atoms with Gasteiger partial charge in [-0.3, -0.25) is 14.4 Å². The molecule has 0 saturated carbocycles. The van der Waals surface area contributed by atoms with Crippen LogP contribution >= 0.6 is 47.8 Å². The first-order valence-corrected chi connectivity index (χ1v) is 18.3. The molecule has 1 heterocycles. The molecular formula is C40H24Br3NO7. The SMILES string of the molecule is O=C(COC(=O)c1ccccc1N1C(=O)C2C(C1=O)C1(Br)c3ccccc3C2(Br)c2ccccc21)c1ccc(OC(=O)c2ccc(Br)cc2)cc1. The number of carbonyl (C=O) groups excluding carboxylic acids is 5. The summed E-state index contributed by atoms with van der Waals surface area (Å²) in [6.07, 6.45) is 0. The number of para-hydroxylation sites is 1. The van der Waals surface area contributed by atoms with Gasteiger partial charge >= 0.3 is 11.9 Å². The van der Waals surface area contributed by atoms with Crippen molar-refractivity contribution in [3.05, 3.63) is 165 Å². The highest BCUT2D eigenvalue weighted by atomic mass is 79.9. The zero-order valence-corrected chi connectivity index (χ0v) is 31.1. The molecule has 252 valence electrons. The van der Waals surface area contributed by atoms with Crippen LogP contribution in [0.4, 0.5) is 5.69 Å². The van der Waals surface area contributed by atoms with Gasteiger partial charge in [-0.25, -0.2) is 14.5 Å². The van der Waals surface area contributed by atoms with Gasteiger partial charge in [0.2, 0.25) is 11.8 Å². The monoisotopic (exact) mass is 867 g/mol. The molecule has 2 bridgehead atoms. The van der Waals surface area contributed by atoms with E-state index in [4.69, 9.17) is 9.47 Å². The number of imide groups is 1. The Hall–Kier alpha value is -4.71. The second-order valence-corrected chi connectivity index (χ2v) is 15.8. The molecular weight excluding hydrogens is 846 g/mol. The van der Waals surface area contributed by atoms with Crippen LogP contribution in [0, 0.1) is 11.8 Å². The molecule has 51 heavy (non-hydrogen) atoms. The van der Waals surface area contributed by atoms with Gasteiger partial charge < -0.3 is 9.47 Å². The molecule has 1 aliphatic heterocycles. The summed E-state index contributed by atoms with van der Waals surface area (Å²) >= 11 is 11.3. The van der Waals surface area contributed by atoms with Crippen LogP contribution < -0.4 is 9.64 Å². The molecule has 9 rings (SSSR count). The number of amides is 2. The first-order chi connectivity index (χ1) is 24.5. The standard InChI is InChI=1S/C40H24Br3NO7/c41-24-17-13-23(14-18-24)37(48)51-25-19-15-22(16-20-25)32(45)21-50-38(49)26-7-1-6-12-31(26)44-35(46)33-34(36(44)47)40(43)28-9-3-2-8-27(28)39(33,42)29-10-4-5-11-30(29)40/h1-20,33-34H,21H2. The molecule has 2 unspecified atom stereocenters. The van der Waals surface area contributed by atoms with Crippen molar-refractivity contribution in [1.29, 1.82) is 0 Å². The van der Waals surface area contributed by atoms with Crippen LogP contribution in [-0.4, -0.2) is 36.1 Å². The van der Waals surface area contributed by atoms with Crippen LogP contribution in [0.1, 0.15) is 53.3 Å². The van der Waals surface area contributed by atoms with E-state index in [1.165, 1.54) is 36.4 Å². The maximum Gasteiger partial charge on any atom is 0.343 e. The molecule has 3 aliphatic carbocycles. The van der Waals surface area contributed by atoms with Crippen LogP contribution in [0.3, 0.4) is 0 Å². The predicted octanol–water partition coefficient (Wildman–Crippen LogP) is 8.12. The summed E-state index contributed by atoms with van der Waals surface area (Å²) in [4.78, 5) is 69.2. The van der Waals surface area contributed by atoms with E-state index in [0.717, 1.165) is 31.6 Å².